The number of nitrogens with two attached hydrogens (primary N) is 1. The van der Waals surface area contributed by atoms with Gasteiger partial charge in [-0.25, -0.2) is 0 Å². The molecule has 3 unspecified atom stereocenters. The van der Waals surface area contributed by atoms with Crippen LogP contribution in [0.3, 0.4) is 0 Å². The molecule has 19 heavy (non-hydrogen) atoms. The van der Waals surface area contributed by atoms with E-state index < -0.39 is 0 Å². The highest BCUT2D eigenvalue weighted by atomic mass is 16.5. The summed E-state index contributed by atoms with van der Waals surface area (Å²) in [5.74, 6) is 1.98. The maximum Gasteiger partial charge on any atom is 0.0702 e. The van der Waals surface area contributed by atoms with Crippen LogP contribution in [0, 0.1) is 11.8 Å². The molecular formula is C16H30N2O. The van der Waals surface area contributed by atoms with Gasteiger partial charge in [0.2, 0.25) is 0 Å². The minimum atomic E-state index is 0.261. The van der Waals surface area contributed by atoms with E-state index in [1.807, 2.05) is 0 Å². The third kappa shape index (κ3) is 2.98. The third-order valence-electron chi connectivity index (χ3n) is 5.84. The molecule has 2 aliphatic carbocycles. The fourth-order valence-electron chi connectivity index (χ4n) is 4.33. The van der Waals surface area contributed by atoms with Crippen LogP contribution >= 0.6 is 0 Å². The molecule has 2 N–H and O–H groups in total. The molecule has 0 aromatic rings. The lowest BCUT2D eigenvalue weighted by Crippen LogP contribution is -2.56. The molecule has 1 aliphatic heterocycles. The first kappa shape index (κ1) is 13.8. The van der Waals surface area contributed by atoms with Gasteiger partial charge in [-0.3, -0.25) is 4.90 Å². The Balaban J connectivity index is 1.62. The van der Waals surface area contributed by atoms with Crippen LogP contribution in [0.15, 0.2) is 0 Å². The van der Waals surface area contributed by atoms with Gasteiger partial charge in [0.1, 0.15) is 0 Å². The number of rotatable bonds is 5. The average Bonchev–Trinajstić information content (AvgIpc) is 3.18. The summed E-state index contributed by atoms with van der Waals surface area (Å²) in [5.41, 5.74) is 6.48. The van der Waals surface area contributed by atoms with Gasteiger partial charge in [-0.15, -0.1) is 0 Å². The maximum absolute atomic E-state index is 6.21. The molecule has 0 bridgehead atoms. The lowest BCUT2D eigenvalue weighted by atomic mass is 9.73. The number of nitrogens with zero attached hydrogens (tertiary/aromatic N) is 1. The molecule has 0 radical (unpaired) electrons. The second-order valence-corrected chi connectivity index (χ2v) is 7.14. The molecule has 110 valence electrons. The summed E-state index contributed by atoms with van der Waals surface area (Å²) in [4.78, 5) is 2.55. The Morgan fingerprint density at radius 2 is 2.00 bits per heavy atom. The molecule has 3 rings (SSSR count). The molecule has 0 aromatic carbocycles. The first-order chi connectivity index (χ1) is 9.23. The lowest BCUT2D eigenvalue weighted by Gasteiger charge is -2.47. The van der Waals surface area contributed by atoms with Crippen molar-refractivity contribution in [1.29, 1.82) is 0 Å². The Kier molecular flexibility index (Phi) is 4.16. The molecular weight excluding hydrogens is 236 g/mol. The van der Waals surface area contributed by atoms with Gasteiger partial charge in [0.25, 0.3) is 0 Å². The number of hydrogen-bond donors (Lipinski definition) is 1. The number of ether oxygens (including phenoxy) is 1. The highest BCUT2D eigenvalue weighted by molar-refractivity contribution is 4.99. The first-order valence-electron chi connectivity index (χ1n) is 8.26. The van der Waals surface area contributed by atoms with Crippen molar-refractivity contribution in [3.05, 3.63) is 0 Å². The third-order valence-corrected chi connectivity index (χ3v) is 5.84. The van der Waals surface area contributed by atoms with Gasteiger partial charge >= 0.3 is 0 Å². The summed E-state index contributed by atoms with van der Waals surface area (Å²) in [6, 6.07) is 0. The molecule has 2 saturated carbocycles. The highest BCUT2D eigenvalue weighted by Crippen LogP contribution is 2.47. The van der Waals surface area contributed by atoms with E-state index in [2.05, 4.69) is 11.9 Å². The van der Waals surface area contributed by atoms with E-state index in [9.17, 15) is 0 Å². The Morgan fingerprint density at radius 3 is 2.63 bits per heavy atom. The van der Waals surface area contributed by atoms with Crippen LogP contribution in [-0.4, -0.2) is 43.3 Å². The molecule has 1 heterocycles. The van der Waals surface area contributed by atoms with Crippen molar-refractivity contribution in [3.63, 3.8) is 0 Å². The molecule has 0 spiro atoms. The van der Waals surface area contributed by atoms with Crippen LogP contribution in [0.2, 0.25) is 0 Å². The maximum atomic E-state index is 6.21. The van der Waals surface area contributed by atoms with E-state index in [-0.39, 0.29) is 5.54 Å². The summed E-state index contributed by atoms with van der Waals surface area (Å²) in [6.07, 6.45) is 11.3. The van der Waals surface area contributed by atoms with Crippen molar-refractivity contribution < 1.29 is 4.74 Å². The zero-order valence-electron chi connectivity index (χ0n) is 12.4. The minimum absolute atomic E-state index is 0.261. The highest BCUT2D eigenvalue weighted by Gasteiger charge is 2.43. The van der Waals surface area contributed by atoms with Crippen LogP contribution < -0.4 is 5.73 Å². The molecule has 3 atom stereocenters. The van der Waals surface area contributed by atoms with Crippen LogP contribution in [0.25, 0.3) is 0 Å². The monoisotopic (exact) mass is 266 g/mol. The molecule has 3 heteroatoms. The summed E-state index contributed by atoms with van der Waals surface area (Å²) in [6.45, 7) is 2.85. The quantitative estimate of drug-likeness (QED) is 0.830. The van der Waals surface area contributed by atoms with Crippen LogP contribution in [0.1, 0.15) is 51.4 Å². The van der Waals surface area contributed by atoms with Crippen molar-refractivity contribution in [3.8, 4) is 0 Å². The smallest absolute Gasteiger partial charge is 0.0702 e. The Labute approximate surface area is 117 Å². The van der Waals surface area contributed by atoms with E-state index in [0.29, 0.717) is 6.10 Å². The van der Waals surface area contributed by atoms with Crippen molar-refractivity contribution in [2.45, 2.75) is 63.0 Å². The molecule has 1 saturated heterocycles. The van der Waals surface area contributed by atoms with Crippen molar-refractivity contribution >= 4 is 0 Å². The normalized spacial score (nSPS) is 39.9. The zero-order chi connectivity index (χ0) is 13.3. The van der Waals surface area contributed by atoms with Crippen LogP contribution in [0.5, 0.6) is 0 Å². The Hall–Kier alpha value is -0.120. The predicted octanol–water partition coefficient (Wildman–Crippen LogP) is 2.39. The van der Waals surface area contributed by atoms with Gasteiger partial charge in [-0.1, -0.05) is 12.8 Å². The number of hydrogen-bond acceptors (Lipinski definition) is 3. The topological polar surface area (TPSA) is 38.5 Å². The van der Waals surface area contributed by atoms with Gasteiger partial charge in [0.15, 0.2) is 0 Å². The summed E-state index contributed by atoms with van der Waals surface area (Å²) in [7, 11) is 2.28. The SMILES string of the molecule is CN(CC1CCCO1)C1(CN)CCCC(C2CC2)C1. The van der Waals surface area contributed by atoms with Gasteiger partial charge in [0.05, 0.1) is 6.10 Å². The van der Waals surface area contributed by atoms with E-state index in [4.69, 9.17) is 10.5 Å². The molecule has 0 amide bonds. The van der Waals surface area contributed by atoms with Gasteiger partial charge < -0.3 is 10.5 Å². The van der Waals surface area contributed by atoms with E-state index >= 15 is 0 Å². The second-order valence-electron chi connectivity index (χ2n) is 7.14. The summed E-state index contributed by atoms with van der Waals surface area (Å²) in [5, 5.41) is 0. The zero-order valence-corrected chi connectivity index (χ0v) is 12.4. The fraction of sp³-hybridized carbons (Fsp3) is 1.00. The second kappa shape index (κ2) is 5.71. The molecule has 3 nitrogen and oxygen atoms in total. The van der Waals surface area contributed by atoms with E-state index in [1.54, 1.807) is 0 Å². The first-order valence-corrected chi connectivity index (χ1v) is 8.26. The molecule has 3 aliphatic rings. The number of likely N-dealkylation sites (N-methyl/N-ethyl adjacent to an activating group) is 1. The fourth-order valence-corrected chi connectivity index (χ4v) is 4.33. The Bertz CT molecular complexity index is 299. The Morgan fingerprint density at radius 1 is 1.16 bits per heavy atom. The van der Waals surface area contributed by atoms with Crippen molar-refractivity contribution in [2.75, 3.05) is 26.7 Å². The van der Waals surface area contributed by atoms with Crippen LogP contribution in [-0.2, 0) is 4.74 Å². The summed E-state index contributed by atoms with van der Waals surface area (Å²) < 4.78 is 5.81. The average molecular weight is 266 g/mol. The van der Waals surface area contributed by atoms with Gasteiger partial charge in [-0.05, 0) is 57.4 Å². The van der Waals surface area contributed by atoms with E-state index in [1.165, 1.54) is 51.4 Å². The molecule has 3 fully saturated rings. The largest absolute Gasteiger partial charge is 0.377 e. The van der Waals surface area contributed by atoms with Crippen molar-refractivity contribution in [1.82, 2.24) is 4.90 Å². The predicted molar refractivity (Wildman–Crippen MR) is 78.1 cm³/mol. The minimum Gasteiger partial charge on any atom is -0.377 e. The lowest BCUT2D eigenvalue weighted by molar-refractivity contribution is 0.00618. The summed E-state index contributed by atoms with van der Waals surface area (Å²) >= 11 is 0. The van der Waals surface area contributed by atoms with Crippen LogP contribution in [0.4, 0.5) is 0 Å². The van der Waals surface area contributed by atoms with Crippen molar-refractivity contribution in [2.24, 2.45) is 17.6 Å². The molecule has 0 aromatic heterocycles. The van der Waals surface area contributed by atoms with Gasteiger partial charge in [-0.2, -0.15) is 0 Å². The van der Waals surface area contributed by atoms with Gasteiger partial charge in [0, 0.05) is 25.2 Å². The van der Waals surface area contributed by atoms with E-state index in [0.717, 1.165) is 31.5 Å². The standard InChI is InChI=1S/C16H30N2O/c1-18(11-15-5-3-9-19-15)16(12-17)8-2-4-14(10-16)13-6-7-13/h13-15H,2-12,17H2,1H3.